The minimum Gasteiger partial charge on any atom is -0.999 e. The van der Waals surface area contributed by atoms with Gasteiger partial charge in [0.1, 0.15) is 0 Å². The van der Waals surface area contributed by atoms with Gasteiger partial charge in [0.25, 0.3) is 0 Å². The van der Waals surface area contributed by atoms with E-state index in [4.69, 9.17) is 14.0 Å². The van der Waals surface area contributed by atoms with Crippen molar-refractivity contribution in [3.05, 3.63) is 62.1 Å². The predicted octanol–water partition coefficient (Wildman–Crippen LogP) is 1.77. The van der Waals surface area contributed by atoms with Gasteiger partial charge in [0, 0.05) is 21.1 Å². The molecule has 104 valence electrons. The predicted molar refractivity (Wildman–Crippen MR) is 61.0 cm³/mol. The van der Waals surface area contributed by atoms with E-state index in [1.54, 1.807) is 6.07 Å². The van der Waals surface area contributed by atoms with Crippen molar-refractivity contribution >= 4 is 0 Å². The van der Waals surface area contributed by atoms with Crippen molar-refractivity contribution in [1.82, 2.24) is 4.90 Å². The van der Waals surface area contributed by atoms with Gasteiger partial charge in [-0.25, -0.2) is 5.57 Å². The molecule has 0 aromatic heterocycles. The van der Waals surface area contributed by atoms with Crippen LogP contribution in [0, 0.1) is 50.4 Å². The Morgan fingerprint density at radius 3 is 1.32 bits per heavy atom. The fourth-order valence-corrected chi connectivity index (χ4v) is 0.628. The topological polar surface area (TPSA) is 62.9 Å². The van der Waals surface area contributed by atoms with Gasteiger partial charge in [0.2, 0.25) is 0 Å². The van der Waals surface area contributed by atoms with Crippen LogP contribution in [0.15, 0.2) is 11.6 Å². The second-order valence-electron chi connectivity index (χ2n) is 2.69. The SMILES string of the molecule is CC(C)=[C-]N(C)C.[C-]#[O+].[C-]#[O+].[C-]#[O+].[W].[c-]1[c-][c-][cH-][c-]1. The molecule has 0 unspecified atom stereocenters. The third-order valence-corrected chi connectivity index (χ3v) is 0.798. The molecule has 0 aliphatic carbocycles. The van der Waals surface area contributed by atoms with E-state index in [9.17, 15) is 0 Å². The van der Waals surface area contributed by atoms with Crippen molar-refractivity contribution in [2.24, 2.45) is 0 Å². The van der Waals surface area contributed by atoms with Crippen LogP contribution in [0.3, 0.4) is 0 Å². The second-order valence-corrected chi connectivity index (χ2v) is 2.69. The van der Waals surface area contributed by atoms with Crippen LogP contribution in [0.2, 0.25) is 0 Å². The molecule has 0 bridgehead atoms. The third kappa shape index (κ3) is 60.5. The van der Waals surface area contributed by atoms with Crippen molar-refractivity contribution in [1.29, 1.82) is 0 Å². The minimum absolute atomic E-state index is 0. The van der Waals surface area contributed by atoms with E-state index in [2.05, 4.69) is 50.4 Å². The summed E-state index contributed by atoms with van der Waals surface area (Å²) >= 11 is 0. The Morgan fingerprint density at radius 2 is 1.26 bits per heavy atom. The van der Waals surface area contributed by atoms with E-state index in [0.717, 1.165) is 0 Å². The summed E-state index contributed by atoms with van der Waals surface area (Å²) < 4.78 is 22.5. The third-order valence-electron chi connectivity index (χ3n) is 0.798. The van der Waals surface area contributed by atoms with E-state index in [-0.39, 0.29) is 21.1 Å². The molecule has 19 heavy (non-hydrogen) atoms. The average molecular weight is 427 g/mol. The van der Waals surface area contributed by atoms with Crippen LogP contribution in [0.5, 0.6) is 0 Å². The molecule has 0 spiro atoms. The first kappa shape index (κ1) is 30.7. The maximum Gasteiger partial charge on any atom is 0 e. The van der Waals surface area contributed by atoms with Crippen molar-refractivity contribution in [2.75, 3.05) is 14.1 Å². The van der Waals surface area contributed by atoms with Crippen LogP contribution >= 0.6 is 0 Å². The van der Waals surface area contributed by atoms with Crippen LogP contribution in [-0.4, -0.2) is 19.0 Å². The van der Waals surface area contributed by atoms with Crippen LogP contribution in [-0.2, 0) is 35.0 Å². The van der Waals surface area contributed by atoms with Gasteiger partial charge in [-0.05, 0) is 14.1 Å². The first-order valence-corrected chi connectivity index (χ1v) is 4.31. The molecule has 1 aromatic carbocycles. The van der Waals surface area contributed by atoms with Gasteiger partial charge in [0.15, 0.2) is 0 Å². The first-order valence-electron chi connectivity index (χ1n) is 4.31. The summed E-state index contributed by atoms with van der Waals surface area (Å²) in [6, 6.07) is 12.0. The normalized spacial score (nSPS) is 5.37. The number of rotatable bonds is 1. The Hall–Kier alpha value is -1.20. The van der Waals surface area contributed by atoms with E-state index in [1.165, 1.54) is 5.57 Å². The number of allylic oxidation sites excluding steroid dienone is 1. The average Bonchev–Trinajstić information content (AvgIpc) is 2.94. The molecule has 0 N–H and O–H groups in total. The fraction of sp³-hybridized carbons (Fsp3) is 0.286. The molecule has 0 heterocycles. The Bertz CT molecular complexity index is 276. The first-order chi connectivity index (χ1) is 8.63. The summed E-state index contributed by atoms with van der Waals surface area (Å²) in [6.07, 6.45) is 3.06. The summed E-state index contributed by atoms with van der Waals surface area (Å²) in [5.74, 6) is 0. The van der Waals surface area contributed by atoms with Crippen molar-refractivity contribution < 1.29 is 35.0 Å². The van der Waals surface area contributed by atoms with Gasteiger partial charge in [0.05, 0.1) is 0 Å². The molecule has 0 radical (unpaired) electrons. The summed E-state index contributed by atoms with van der Waals surface area (Å²) in [7, 11) is 3.93. The van der Waals surface area contributed by atoms with Crippen molar-refractivity contribution in [2.45, 2.75) is 13.8 Å². The summed E-state index contributed by atoms with van der Waals surface area (Å²) in [5, 5.41) is 0. The quantitative estimate of drug-likeness (QED) is 0.383. The van der Waals surface area contributed by atoms with Crippen molar-refractivity contribution in [3.8, 4) is 0 Å². The molecule has 1 aromatic rings. The molecular weight excluding hydrogens is 414 g/mol. The van der Waals surface area contributed by atoms with E-state index in [1.807, 2.05) is 32.8 Å². The maximum absolute atomic E-state index is 7.50. The smallest absolute Gasteiger partial charge is 0 e. The molecular formula is C14H13NO3W-6. The molecule has 0 saturated carbocycles. The molecule has 4 nitrogen and oxygen atoms in total. The standard InChI is InChI=1S/C6H12N.C5H.3CO.W/c1-6(2)5-7(3)4;1-2-4-5-3-1;3*1-2;/h1-4H3;1H;;;;/q-1;-5;;;;. The molecule has 0 saturated heterocycles. The van der Waals surface area contributed by atoms with Gasteiger partial charge >= 0.3 is 33.9 Å². The zero-order valence-corrected chi connectivity index (χ0v) is 14.1. The maximum atomic E-state index is 7.50. The number of hydrogen-bond donors (Lipinski definition) is 0. The van der Waals surface area contributed by atoms with Gasteiger partial charge in [-0.3, -0.25) is 0 Å². The van der Waals surface area contributed by atoms with Gasteiger partial charge in [-0.15, -0.1) is 0 Å². The van der Waals surface area contributed by atoms with Crippen LogP contribution in [0.25, 0.3) is 0 Å². The van der Waals surface area contributed by atoms with Gasteiger partial charge < -0.3 is 41.4 Å². The zero-order valence-electron chi connectivity index (χ0n) is 11.2. The fourth-order valence-electron chi connectivity index (χ4n) is 0.628. The van der Waals surface area contributed by atoms with Gasteiger partial charge in [-0.2, -0.15) is 0 Å². The monoisotopic (exact) mass is 427 g/mol. The molecule has 0 aliphatic heterocycles. The Morgan fingerprint density at radius 1 is 0.947 bits per heavy atom. The number of nitrogens with zero attached hydrogens (tertiary/aromatic N) is 1. The summed E-state index contributed by atoms with van der Waals surface area (Å²) in [5.41, 5.74) is 1.21. The molecule has 0 fully saturated rings. The largest absolute Gasteiger partial charge is 0.999 e. The Kier molecular flexibility index (Phi) is 58.0. The van der Waals surface area contributed by atoms with Crippen LogP contribution in [0.1, 0.15) is 13.8 Å². The van der Waals surface area contributed by atoms with Gasteiger partial charge in [-0.1, -0.05) is 13.8 Å². The molecule has 0 aliphatic rings. The number of hydrogen-bond acceptors (Lipinski definition) is 1. The van der Waals surface area contributed by atoms with E-state index in [0.29, 0.717) is 0 Å². The second kappa shape index (κ2) is 36.0. The summed E-state index contributed by atoms with van der Waals surface area (Å²) in [6.45, 7) is 17.6. The molecule has 0 amide bonds. The van der Waals surface area contributed by atoms with E-state index < -0.39 is 0 Å². The summed E-state index contributed by atoms with van der Waals surface area (Å²) in [4.78, 5) is 1.91. The van der Waals surface area contributed by atoms with Crippen LogP contribution < -0.4 is 0 Å². The van der Waals surface area contributed by atoms with Crippen molar-refractivity contribution in [3.63, 3.8) is 0 Å². The molecule has 1 rings (SSSR count). The Balaban J connectivity index is -0.0000000482. The van der Waals surface area contributed by atoms with Crippen LogP contribution in [0.4, 0.5) is 0 Å². The molecule has 0 atom stereocenters. The zero-order chi connectivity index (χ0) is 15.4. The van der Waals surface area contributed by atoms with E-state index >= 15 is 0 Å². The Labute approximate surface area is 130 Å². The minimum atomic E-state index is 0. The molecule has 5 heteroatoms.